The van der Waals surface area contributed by atoms with Gasteiger partial charge in [0, 0.05) is 10.0 Å². The van der Waals surface area contributed by atoms with E-state index in [-0.39, 0.29) is 35.5 Å². The van der Waals surface area contributed by atoms with Crippen molar-refractivity contribution in [1.82, 2.24) is 10.4 Å². The van der Waals surface area contributed by atoms with Crippen molar-refractivity contribution in [3.05, 3.63) is 46.5 Å². The molecule has 122 valence electrons. The number of allylic oxidation sites excluding steroid dienone is 2. The number of hydrogen-bond acceptors (Lipinski definition) is 3. The highest BCUT2D eigenvalue weighted by molar-refractivity contribution is 9.10. The number of nitrogens with zero attached hydrogens (tertiary/aromatic N) is 1. The lowest BCUT2D eigenvalue weighted by Gasteiger charge is -2.37. The van der Waals surface area contributed by atoms with Gasteiger partial charge in [-0.2, -0.15) is 5.01 Å². The van der Waals surface area contributed by atoms with E-state index in [1.807, 2.05) is 6.07 Å². The highest BCUT2D eigenvalue weighted by Crippen LogP contribution is 2.65. The Morgan fingerprint density at radius 2 is 1.71 bits per heavy atom. The number of halogens is 1. The van der Waals surface area contributed by atoms with E-state index >= 15 is 0 Å². The number of benzene rings is 1. The summed E-state index contributed by atoms with van der Waals surface area (Å²) in [6.45, 7) is 0. The molecule has 0 radical (unpaired) electrons. The van der Waals surface area contributed by atoms with Gasteiger partial charge in [0.15, 0.2) is 0 Å². The maximum atomic E-state index is 12.8. The van der Waals surface area contributed by atoms with Crippen molar-refractivity contribution in [1.29, 1.82) is 0 Å². The summed E-state index contributed by atoms with van der Waals surface area (Å²) in [5.74, 6) is -0.0998. The third-order valence-electron chi connectivity index (χ3n) is 5.96. The Balaban J connectivity index is 1.41. The Hall–Kier alpha value is -1.95. The zero-order valence-corrected chi connectivity index (χ0v) is 14.3. The number of carbonyl (C=O) groups is 3. The van der Waals surface area contributed by atoms with E-state index in [1.54, 1.807) is 18.2 Å². The monoisotopic (exact) mass is 386 g/mol. The summed E-state index contributed by atoms with van der Waals surface area (Å²) in [6.07, 6.45) is 5.36. The zero-order valence-electron chi connectivity index (χ0n) is 12.7. The van der Waals surface area contributed by atoms with Crippen LogP contribution in [0.2, 0.25) is 0 Å². The molecule has 0 aromatic heterocycles. The van der Waals surface area contributed by atoms with Crippen LogP contribution in [0, 0.1) is 35.5 Å². The second-order valence-corrected chi connectivity index (χ2v) is 8.03. The topological polar surface area (TPSA) is 66.5 Å². The first kappa shape index (κ1) is 14.4. The van der Waals surface area contributed by atoms with Crippen molar-refractivity contribution in [3.8, 4) is 0 Å². The molecule has 1 heterocycles. The molecule has 4 aliphatic carbocycles. The molecule has 2 bridgehead atoms. The van der Waals surface area contributed by atoms with Crippen molar-refractivity contribution in [3.63, 3.8) is 0 Å². The highest BCUT2D eigenvalue weighted by atomic mass is 79.9. The maximum absolute atomic E-state index is 12.8. The van der Waals surface area contributed by atoms with Gasteiger partial charge in [-0.1, -0.05) is 34.1 Å². The minimum Gasteiger partial charge on any atom is -0.272 e. The van der Waals surface area contributed by atoms with Crippen LogP contribution < -0.4 is 5.43 Å². The highest BCUT2D eigenvalue weighted by Gasteiger charge is 2.67. The molecule has 0 unspecified atom stereocenters. The van der Waals surface area contributed by atoms with E-state index in [1.165, 1.54) is 0 Å². The second kappa shape index (κ2) is 4.79. The van der Waals surface area contributed by atoms with Gasteiger partial charge in [-0.05, 0) is 48.3 Å². The van der Waals surface area contributed by atoms with Crippen LogP contribution in [0.5, 0.6) is 0 Å². The standard InChI is InChI=1S/C18H15BrN2O3/c19-9-3-1-2-8(6-9)16(22)20-21-17(23)14-10-4-5-11(13-7-12(10)13)15(14)18(21)24/h1-6,10-15H,7H2,(H,20,22)/t10-,11+,12-,13-,14+,15+/m1/s1. The molecule has 1 saturated heterocycles. The van der Waals surface area contributed by atoms with Gasteiger partial charge in [0.2, 0.25) is 0 Å². The minimum absolute atomic E-state index is 0.161. The van der Waals surface area contributed by atoms with Crippen molar-refractivity contribution < 1.29 is 14.4 Å². The van der Waals surface area contributed by atoms with Crippen LogP contribution in [0.15, 0.2) is 40.9 Å². The van der Waals surface area contributed by atoms with Gasteiger partial charge in [0.05, 0.1) is 11.8 Å². The molecule has 5 aliphatic rings. The molecule has 6 atom stereocenters. The van der Waals surface area contributed by atoms with Gasteiger partial charge >= 0.3 is 0 Å². The molecule has 3 amide bonds. The normalized spacial score (nSPS) is 38.1. The van der Waals surface area contributed by atoms with Gasteiger partial charge in [-0.15, -0.1) is 0 Å². The number of amides is 3. The third kappa shape index (κ3) is 1.83. The summed E-state index contributed by atoms with van der Waals surface area (Å²) in [5.41, 5.74) is 2.93. The molecular formula is C18H15BrN2O3. The van der Waals surface area contributed by atoms with Crippen molar-refractivity contribution >= 4 is 33.7 Å². The van der Waals surface area contributed by atoms with E-state index in [4.69, 9.17) is 0 Å². The Morgan fingerprint density at radius 3 is 2.29 bits per heavy atom. The molecule has 1 aromatic rings. The fraction of sp³-hybridized carbons (Fsp3) is 0.389. The molecule has 1 aromatic carbocycles. The Bertz CT molecular complexity index is 784. The summed E-state index contributed by atoms with van der Waals surface area (Å²) >= 11 is 3.32. The minimum atomic E-state index is -0.442. The average molecular weight is 387 g/mol. The maximum Gasteiger partial charge on any atom is 0.270 e. The van der Waals surface area contributed by atoms with Crippen molar-refractivity contribution in [2.75, 3.05) is 0 Å². The molecule has 0 spiro atoms. The summed E-state index contributed by atoms with van der Waals surface area (Å²) in [7, 11) is 0. The second-order valence-electron chi connectivity index (χ2n) is 7.12. The average Bonchev–Trinajstić information content (AvgIpc) is 3.36. The van der Waals surface area contributed by atoms with E-state index < -0.39 is 5.91 Å². The van der Waals surface area contributed by atoms with Crippen LogP contribution in [0.25, 0.3) is 0 Å². The number of imide groups is 1. The molecule has 3 fully saturated rings. The lowest BCUT2D eigenvalue weighted by molar-refractivity contribution is -0.143. The summed E-state index contributed by atoms with van der Waals surface area (Å²) < 4.78 is 0.769. The molecule has 6 rings (SSSR count). The molecule has 6 heteroatoms. The first-order valence-electron chi connectivity index (χ1n) is 8.19. The van der Waals surface area contributed by atoms with E-state index in [2.05, 4.69) is 33.5 Å². The Morgan fingerprint density at radius 1 is 1.08 bits per heavy atom. The number of hydrazine groups is 1. The number of nitrogens with one attached hydrogen (secondary N) is 1. The summed E-state index contributed by atoms with van der Waals surface area (Å²) in [6, 6.07) is 6.86. The molecule has 1 aliphatic heterocycles. The first-order valence-corrected chi connectivity index (χ1v) is 8.98. The van der Waals surface area contributed by atoms with Gasteiger partial charge < -0.3 is 0 Å². The lowest BCUT2D eigenvalue weighted by Crippen LogP contribution is -2.46. The van der Waals surface area contributed by atoms with Crippen LogP contribution in [-0.4, -0.2) is 22.7 Å². The van der Waals surface area contributed by atoms with Crippen LogP contribution in [-0.2, 0) is 9.59 Å². The smallest absolute Gasteiger partial charge is 0.270 e. The first-order chi connectivity index (χ1) is 11.6. The van der Waals surface area contributed by atoms with Crippen LogP contribution in [0.4, 0.5) is 0 Å². The molecule has 1 N–H and O–H groups in total. The predicted octanol–water partition coefficient (Wildman–Crippen LogP) is 2.15. The lowest BCUT2D eigenvalue weighted by atomic mass is 9.63. The fourth-order valence-electron chi connectivity index (χ4n) is 4.86. The number of carbonyl (C=O) groups excluding carboxylic acids is 3. The quantitative estimate of drug-likeness (QED) is 0.625. The Kier molecular flexibility index (Phi) is 2.87. The van der Waals surface area contributed by atoms with E-state index in [0.29, 0.717) is 17.4 Å². The van der Waals surface area contributed by atoms with Crippen LogP contribution in [0.3, 0.4) is 0 Å². The van der Waals surface area contributed by atoms with Crippen molar-refractivity contribution in [2.45, 2.75) is 6.42 Å². The molecule has 2 saturated carbocycles. The number of rotatable bonds is 2. The predicted molar refractivity (Wildman–Crippen MR) is 88.2 cm³/mol. The Labute approximate surface area is 147 Å². The summed E-state index contributed by atoms with van der Waals surface area (Å²) in [5, 5.41) is 0.969. The molecular weight excluding hydrogens is 372 g/mol. The van der Waals surface area contributed by atoms with Crippen molar-refractivity contribution in [2.24, 2.45) is 35.5 Å². The summed E-state index contributed by atoms with van der Waals surface area (Å²) in [4.78, 5) is 38.0. The zero-order chi connectivity index (χ0) is 16.6. The van der Waals surface area contributed by atoms with E-state index in [0.717, 1.165) is 15.9 Å². The molecule has 5 nitrogen and oxygen atoms in total. The van der Waals surface area contributed by atoms with Gasteiger partial charge in [-0.3, -0.25) is 19.8 Å². The van der Waals surface area contributed by atoms with Gasteiger partial charge in [0.1, 0.15) is 0 Å². The number of hydrogen-bond donors (Lipinski definition) is 1. The third-order valence-corrected chi connectivity index (χ3v) is 6.46. The van der Waals surface area contributed by atoms with Crippen LogP contribution in [0.1, 0.15) is 16.8 Å². The molecule has 24 heavy (non-hydrogen) atoms. The largest absolute Gasteiger partial charge is 0.272 e. The van der Waals surface area contributed by atoms with Gasteiger partial charge in [-0.25, -0.2) is 0 Å². The fourth-order valence-corrected chi connectivity index (χ4v) is 5.26. The van der Waals surface area contributed by atoms with Crippen LogP contribution >= 0.6 is 15.9 Å². The SMILES string of the molecule is O=C(NN1C(=O)[C@H]2[C@@H]3C=C[C@@H]([C@H]4C[C@H]34)[C@@H]2C1=O)c1cccc(Br)c1. The van der Waals surface area contributed by atoms with E-state index in [9.17, 15) is 14.4 Å². The van der Waals surface area contributed by atoms with Gasteiger partial charge in [0.25, 0.3) is 17.7 Å².